The third-order valence-corrected chi connectivity index (χ3v) is 4.09. The predicted molar refractivity (Wildman–Crippen MR) is 89.3 cm³/mol. The van der Waals surface area contributed by atoms with E-state index in [1.807, 2.05) is 0 Å². The Morgan fingerprint density at radius 3 is 2.00 bits per heavy atom. The Labute approximate surface area is 132 Å². The van der Waals surface area contributed by atoms with Gasteiger partial charge in [0.05, 0.1) is 5.33 Å². The maximum absolute atomic E-state index is 4.38. The van der Waals surface area contributed by atoms with E-state index in [1.165, 1.54) is 44.9 Å². The maximum Gasteiger partial charge on any atom is 0.144 e. The van der Waals surface area contributed by atoms with Crippen LogP contribution in [0.25, 0.3) is 0 Å². The van der Waals surface area contributed by atoms with Crippen LogP contribution in [0, 0.1) is 0 Å². The van der Waals surface area contributed by atoms with E-state index in [0.29, 0.717) is 0 Å². The van der Waals surface area contributed by atoms with Crippen LogP contribution >= 0.6 is 15.9 Å². The SMILES string of the molecule is CCCCCCCCCc1nnc(CBr)n1C(C)(C)C. The van der Waals surface area contributed by atoms with Crippen molar-refractivity contribution in [1.29, 1.82) is 0 Å². The predicted octanol–water partition coefficient (Wildman–Crippen LogP) is 5.22. The molecule has 116 valence electrons. The molecule has 0 aromatic carbocycles. The average molecular weight is 344 g/mol. The number of unbranched alkanes of at least 4 members (excludes halogenated alkanes) is 6. The first-order chi connectivity index (χ1) is 9.50. The zero-order valence-electron chi connectivity index (χ0n) is 13.6. The number of aromatic nitrogens is 3. The molecule has 0 radical (unpaired) electrons. The van der Waals surface area contributed by atoms with Gasteiger partial charge in [0.15, 0.2) is 0 Å². The molecule has 4 heteroatoms. The lowest BCUT2D eigenvalue weighted by Gasteiger charge is -2.24. The Morgan fingerprint density at radius 2 is 1.45 bits per heavy atom. The fourth-order valence-electron chi connectivity index (χ4n) is 2.62. The van der Waals surface area contributed by atoms with Crippen LogP contribution in [0.2, 0.25) is 0 Å². The van der Waals surface area contributed by atoms with Crippen LogP contribution < -0.4 is 0 Å². The summed E-state index contributed by atoms with van der Waals surface area (Å²) in [6.07, 6.45) is 10.4. The molecular formula is C16H30BrN3. The first-order valence-electron chi connectivity index (χ1n) is 8.00. The zero-order valence-corrected chi connectivity index (χ0v) is 15.2. The zero-order chi connectivity index (χ0) is 15.0. The molecule has 0 aliphatic carbocycles. The molecular weight excluding hydrogens is 314 g/mol. The van der Waals surface area contributed by atoms with Gasteiger partial charge in [-0.05, 0) is 27.2 Å². The molecule has 1 aromatic rings. The fraction of sp³-hybridized carbons (Fsp3) is 0.875. The smallest absolute Gasteiger partial charge is 0.144 e. The number of alkyl halides is 1. The summed E-state index contributed by atoms with van der Waals surface area (Å²) < 4.78 is 2.29. The van der Waals surface area contributed by atoms with Crippen LogP contribution in [0.3, 0.4) is 0 Å². The molecule has 0 aliphatic rings. The highest BCUT2D eigenvalue weighted by molar-refractivity contribution is 9.08. The second-order valence-corrected chi connectivity index (χ2v) is 7.10. The van der Waals surface area contributed by atoms with Crippen LogP contribution in [0.1, 0.15) is 84.3 Å². The maximum atomic E-state index is 4.38. The van der Waals surface area contributed by atoms with Crippen molar-refractivity contribution in [3.8, 4) is 0 Å². The molecule has 0 unspecified atom stereocenters. The molecule has 0 saturated carbocycles. The summed E-state index contributed by atoms with van der Waals surface area (Å²) in [6.45, 7) is 8.92. The second kappa shape index (κ2) is 8.81. The van der Waals surface area contributed by atoms with Gasteiger partial charge in [0.1, 0.15) is 11.6 Å². The van der Waals surface area contributed by atoms with Gasteiger partial charge in [-0.25, -0.2) is 0 Å². The average Bonchev–Trinajstić information content (AvgIpc) is 2.80. The lowest BCUT2D eigenvalue weighted by atomic mass is 10.1. The fourth-order valence-corrected chi connectivity index (χ4v) is 2.98. The van der Waals surface area contributed by atoms with E-state index >= 15 is 0 Å². The normalized spacial score (nSPS) is 12.1. The lowest BCUT2D eigenvalue weighted by molar-refractivity contribution is 0.371. The Kier molecular flexibility index (Phi) is 7.78. The van der Waals surface area contributed by atoms with Crippen molar-refractivity contribution in [2.75, 3.05) is 0 Å². The van der Waals surface area contributed by atoms with Crippen LogP contribution in [0.4, 0.5) is 0 Å². The molecule has 20 heavy (non-hydrogen) atoms. The van der Waals surface area contributed by atoms with E-state index < -0.39 is 0 Å². The monoisotopic (exact) mass is 343 g/mol. The standard InChI is InChI=1S/C16H30BrN3/c1-5-6-7-8-9-10-11-12-14-18-19-15(13-17)20(14)16(2,3)4/h5-13H2,1-4H3. The summed E-state index contributed by atoms with van der Waals surface area (Å²) in [5.41, 5.74) is 0.0586. The van der Waals surface area contributed by atoms with Crippen LogP contribution in [-0.2, 0) is 17.3 Å². The second-order valence-electron chi connectivity index (χ2n) is 6.54. The lowest BCUT2D eigenvalue weighted by Crippen LogP contribution is -2.26. The summed E-state index contributed by atoms with van der Waals surface area (Å²) in [7, 11) is 0. The van der Waals surface area contributed by atoms with E-state index in [9.17, 15) is 0 Å². The third kappa shape index (κ3) is 5.55. The summed E-state index contributed by atoms with van der Waals surface area (Å²) in [5, 5.41) is 9.46. The van der Waals surface area contributed by atoms with Gasteiger partial charge in [0, 0.05) is 12.0 Å². The van der Waals surface area contributed by atoms with Gasteiger partial charge >= 0.3 is 0 Å². The number of aryl methyl sites for hydroxylation is 1. The molecule has 1 aromatic heterocycles. The number of halogens is 1. The Bertz CT molecular complexity index is 380. The van der Waals surface area contributed by atoms with Gasteiger partial charge in [-0.15, -0.1) is 10.2 Å². The molecule has 1 rings (SSSR count). The van der Waals surface area contributed by atoms with Crippen molar-refractivity contribution in [1.82, 2.24) is 14.8 Å². The molecule has 0 aliphatic heterocycles. The van der Waals surface area contributed by atoms with Crippen molar-refractivity contribution >= 4 is 15.9 Å². The Balaban J connectivity index is 2.42. The van der Waals surface area contributed by atoms with Crippen molar-refractivity contribution in [3.63, 3.8) is 0 Å². The first kappa shape index (κ1) is 17.7. The minimum Gasteiger partial charge on any atom is -0.309 e. The van der Waals surface area contributed by atoms with E-state index in [2.05, 4.69) is 58.4 Å². The van der Waals surface area contributed by atoms with Crippen molar-refractivity contribution in [2.24, 2.45) is 0 Å². The Hall–Kier alpha value is -0.380. The van der Waals surface area contributed by atoms with Crippen molar-refractivity contribution < 1.29 is 0 Å². The first-order valence-corrected chi connectivity index (χ1v) is 9.12. The summed E-state index contributed by atoms with van der Waals surface area (Å²) in [4.78, 5) is 0. The van der Waals surface area contributed by atoms with Crippen molar-refractivity contribution in [2.45, 2.75) is 89.9 Å². The quantitative estimate of drug-likeness (QED) is 0.454. The van der Waals surface area contributed by atoms with Gasteiger partial charge in [0.2, 0.25) is 0 Å². The Morgan fingerprint density at radius 1 is 0.900 bits per heavy atom. The van der Waals surface area contributed by atoms with E-state index in [4.69, 9.17) is 0 Å². The number of hydrogen-bond acceptors (Lipinski definition) is 2. The highest BCUT2D eigenvalue weighted by atomic mass is 79.9. The van der Waals surface area contributed by atoms with Crippen LogP contribution in [0.5, 0.6) is 0 Å². The molecule has 0 bridgehead atoms. The molecule has 1 heterocycles. The van der Waals surface area contributed by atoms with Crippen molar-refractivity contribution in [3.05, 3.63) is 11.6 Å². The van der Waals surface area contributed by atoms with Gasteiger partial charge in [-0.3, -0.25) is 0 Å². The summed E-state index contributed by atoms with van der Waals surface area (Å²) in [5.74, 6) is 2.18. The number of nitrogens with zero attached hydrogens (tertiary/aromatic N) is 3. The van der Waals surface area contributed by atoms with Gasteiger partial charge < -0.3 is 4.57 Å². The van der Waals surface area contributed by atoms with E-state index in [-0.39, 0.29) is 5.54 Å². The molecule has 0 spiro atoms. The van der Waals surface area contributed by atoms with Crippen LogP contribution in [-0.4, -0.2) is 14.8 Å². The third-order valence-electron chi connectivity index (χ3n) is 3.59. The number of hydrogen-bond donors (Lipinski definition) is 0. The van der Waals surface area contributed by atoms with Gasteiger partial charge in [-0.1, -0.05) is 61.4 Å². The number of rotatable bonds is 9. The topological polar surface area (TPSA) is 30.7 Å². The van der Waals surface area contributed by atoms with E-state index in [1.54, 1.807) is 0 Å². The molecule has 3 nitrogen and oxygen atoms in total. The minimum atomic E-state index is 0.0586. The highest BCUT2D eigenvalue weighted by Crippen LogP contribution is 2.21. The molecule has 0 saturated heterocycles. The van der Waals surface area contributed by atoms with Gasteiger partial charge in [-0.2, -0.15) is 0 Å². The molecule has 0 atom stereocenters. The summed E-state index contributed by atoms with van der Waals surface area (Å²) >= 11 is 3.51. The molecule has 0 fully saturated rings. The van der Waals surface area contributed by atoms with E-state index in [0.717, 1.165) is 23.4 Å². The molecule has 0 N–H and O–H groups in total. The van der Waals surface area contributed by atoms with Gasteiger partial charge in [0.25, 0.3) is 0 Å². The highest BCUT2D eigenvalue weighted by Gasteiger charge is 2.21. The minimum absolute atomic E-state index is 0.0586. The largest absolute Gasteiger partial charge is 0.309 e. The van der Waals surface area contributed by atoms with Crippen LogP contribution in [0.15, 0.2) is 0 Å². The summed E-state index contributed by atoms with van der Waals surface area (Å²) in [6, 6.07) is 0. The molecule has 0 amide bonds.